The largest absolute Gasteiger partial charge is 0.368 e. The summed E-state index contributed by atoms with van der Waals surface area (Å²) in [5, 5.41) is 9.63. The van der Waals surface area contributed by atoms with Gasteiger partial charge in [-0.3, -0.25) is 14.8 Å². The lowest BCUT2D eigenvalue weighted by Crippen LogP contribution is -2.46. The van der Waals surface area contributed by atoms with Crippen LogP contribution in [-0.4, -0.2) is 36.3 Å². The van der Waals surface area contributed by atoms with Gasteiger partial charge in [-0.2, -0.15) is 0 Å². The number of carbonyl (C=O) groups is 1. The minimum absolute atomic E-state index is 0.301. The molecule has 1 aromatic rings. The molecule has 0 saturated heterocycles. The first-order chi connectivity index (χ1) is 11.8. The fourth-order valence-electron chi connectivity index (χ4n) is 1.97. The van der Waals surface area contributed by atoms with E-state index in [1.807, 2.05) is 0 Å². The summed E-state index contributed by atoms with van der Waals surface area (Å²) < 4.78 is 23.9. The Bertz CT molecular complexity index is 747. The van der Waals surface area contributed by atoms with E-state index in [-0.39, 0.29) is 4.90 Å². The van der Waals surface area contributed by atoms with Crippen molar-refractivity contribution in [1.82, 2.24) is 4.47 Å². The molecule has 25 heavy (non-hydrogen) atoms. The minimum atomic E-state index is -4.47. The highest BCUT2D eigenvalue weighted by Gasteiger charge is 2.34. The molecule has 0 aliphatic heterocycles. The van der Waals surface area contributed by atoms with Crippen LogP contribution in [0.4, 0.5) is 0 Å². The van der Waals surface area contributed by atoms with Gasteiger partial charge in [0, 0.05) is 12.0 Å². The van der Waals surface area contributed by atoms with Crippen molar-refractivity contribution in [3.8, 4) is 11.8 Å². The van der Waals surface area contributed by atoms with Crippen molar-refractivity contribution in [2.75, 3.05) is 0 Å². The van der Waals surface area contributed by atoms with Crippen LogP contribution >= 0.6 is 0 Å². The number of primary amides is 1. The number of hydrogen-bond acceptors (Lipinski definition) is 5. The summed E-state index contributed by atoms with van der Waals surface area (Å²) in [6.45, 7) is 2.13. The van der Waals surface area contributed by atoms with Gasteiger partial charge < -0.3 is 5.73 Å². The first-order valence-corrected chi connectivity index (χ1v) is 9.27. The highest BCUT2D eigenvalue weighted by Crippen LogP contribution is 2.16. The molecule has 1 amide bonds. The van der Waals surface area contributed by atoms with E-state index in [1.165, 1.54) is 30.7 Å². The fraction of sp³-hybridized carbons (Fsp3) is 0.412. The Kier molecular flexibility index (Phi) is 8.28. The van der Waals surface area contributed by atoms with Crippen molar-refractivity contribution >= 4 is 22.2 Å². The lowest BCUT2D eigenvalue weighted by Gasteiger charge is -2.17. The molecule has 1 rings (SSSR count). The van der Waals surface area contributed by atoms with Crippen molar-refractivity contribution in [3.05, 3.63) is 29.8 Å². The summed E-state index contributed by atoms with van der Waals surface area (Å²) in [6.07, 6.45) is 6.33. The molecule has 0 saturated carbocycles. The standard InChI is InChI=1S/C17H21N2O5S/c1-2-3-4-5-6-7-8-14-9-11-15(12-10-14)25(23,24)19(22)16(13-20)17(18)21/h9-12,16,22H,2-6H2,1H3,(H2,18,21)/t16-/m0/s1. The molecule has 0 aliphatic carbocycles. The second kappa shape index (κ2) is 9.93. The molecule has 7 nitrogen and oxygen atoms in total. The van der Waals surface area contributed by atoms with Crippen LogP contribution in [0.15, 0.2) is 29.2 Å². The van der Waals surface area contributed by atoms with Crippen molar-refractivity contribution in [2.45, 2.75) is 50.0 Å². The van der Waals surface area contributed by atoms with E-state index < -0.39 is 26.4 Å². The van der Waals surface area contributed by atoms with Gasteiger partial charge in [-0.05, 0) is 30.7 Å². The normalized spacial score (nSPS) is 12.3. The maximum Gasteiger partial charge on any atom is 0.266 e. The van der Waals surface area contributed by atoms with E-state index in [2.05, 4.69) is 18.8 Å². The van der Waals surface area contributed by atoms with E-state index in [0.29, 0.717) is 5.56 Å². The maximum atomic E-state index is 12.2. The summed E-state index contributed by atoms with van der Waals surface area (Å²) >= 11 is 0. The van der Waals surface area contributed by atoms with Crippen molar-refractivity contribution < 1.29 is 23.2 Å². The van der Waals surface area contributed by atoms with E-state index in [9.17, 15) is 23.2 Å². The topological polar surface area (TPSA) is 118 Å². The average Bonchev–Trinajstić information content (AvgIpc) is 2.58. The highest BCUT2D eigenvalue weighted by atomic mass is 32.2. The molecular weight excluding hydrogens is 344 g/mol. The molecule has 0 aliphatic rings. The third kappa shape index (κ3) is 5.98. The number of hydrogen-bond donors (Lipinski definition) is 2. The molecule has 1 atom stereocenters. The van der Waals surface area contributed by atoms with Gasteiger partial charge in [0.15, 0.2) is 6.04 Å². The van der Waals surface area contributed by atoms with Crippen LogP contribution in [-0.2, 0) is 19.6 Å². The zero-order chi connectivity index (χ0) is 18.9. The Morgan fingerprint density at radius 2 is 1.88 bits per heavy atom. The molecule has 1 radical (unpaired) electrons. The van der Waals surface area contributed by atoms with Gasteiger partial charge in [-0.15, -0.1) is 0 Å². The summed E-state index contributed by atoms with van der Waals surface area (Å²) in [5.74, 6) is 4.61. The van der Waals surface area contributed by atoms with Gasteiger partial charge in [0.25, 0.3) is 10.0 Å². The fourth-order valence-corrected chi connectivity index (χ4v) is 3.09. The van der Waals surface area contributed by atoms with Crippen LogP contribution in [0.1, 0.15) is 44.6 Å². The Hall–Kier alpha value is -2.21. The number of benzene rings is 1. The van der Waals surface area contributed by atoms with Crippen LogP contribution in [0.25, 0.3) is 0 Å². The number of carbonyl (C=O) groups excluding carboxylic acids is 2. The first kappa shape index (κ1) is 20.8. The van der Waals surface area contributed by atoms with Crippen LogP contribution in [0.3, 0.4) is 0 Å². The van der Waals surface area contributed by atoms with Crippen LogP contribution < -0.4 is 5.73 Å². The number of nitrogens with two attached hydrogens (primary N) is 1. The first-order valence-electron chi connectivity index (χ1n) is 7.83. The number of amides is 1. The van der Waals surface area contributed by atoms with Crippen molar-refractivity contribution in [3.63, 3.8) is 0 Å². The number of unbranched alkanes of at least 4 members (excludes halogenated alkanes) is 4. The predicted molar refractivity (Wildman–Crippen MR) is 91.6 cm³/mol. The molecule has 1 aromatic carbocycles. The van der Waals surface area contributed by atoms with Gasteiger partial charge >= 0.3 is 0 Å². The maximum absolute atomic E-state index is 12.2. The van der Waals surface area contributed by atoms with E-state index in [4.69, 9.17) is 5.73 Å². The zero-order valence-electron chi connectivity index (χ0n) is 13.9. The predicted octanol–water partition coefficient (Wildman–Crippen LogP) is 1.35. The second-order valence-electron chi connectivity index (χ2n) is 5.34. The second-order valence-corrected chi connectivity index (χ2v) is 7.13. The Balaban J connectivity index is 2.83. The Morgan fingerprint density at radius 1 is 1.24 bits per heavy atom. The molecule has 3 N–H and O–H groups in total. The lowest BCUT2D eigenvalue weighted by atomic mass is 10.1. The van der Waals surface area contributed by atoms with E-state index in [1.54, 1.807) is 0 Å². The van der Waals surface area contributed by atoms with Crippen LogP contribution in [0.5, 0.6) is 0 Å². The zero-order valence-corrected chi connectivity index (χ0v) is 14.8. The molecule has 8 heteroatoms. The Labute approximate surface area is 147 Å². The molecule has 135 valence electrons. The minimum Gasteiger partial charge on any atom is -0.368 e. The van der Waals surface area contributed by atoms with Gasteiger partial charge in [0.05, 0.1) is 4.90 Å². The lowest BCUT2D eigenvalue weighted by molar-refractivity contribution is -0.126. The summed E-state index contributed by atoms with van der Waals surface area (Å²) in [7, 11) is -4.47. The van der Waals surface area contributed by atoms with Gasteiger partial charge in [-0.25, -0.2) is 8.42 Å². The quantitative estimate of drug-likeness (QED) is 0.296. The van der Waals surface area contributed by atoms with Gasteiger partial charge in [-0.1, -0.05) is 42.5 Å². The average molecular weight is 365 g/mol. The molecule has 0 fully saturated rings. The summed E-state index contributed by atoms with van der Waals surface area (Å²) in [6, 6.07) is 3.30. The number of sulfonamides is 1. The third-order valence-corrected chi connectivity index (χ3v) is 4.96. The monoisotopic (exact) mass is 365 g/mol. The third-order valence-electron chi connectivity index (χ3n) is 3.39. The molecular formula is C17H21N2O5S. The number of nitrogens with zero attached hydrogens (tertiary/aromatic N) is 1. The van der Waals surface area contributed by atoms with Gasteiger partial charge in [0.1, 0.15) is 0 Å². The van der Waals surface area contributed by atoms with Gasteiger partial charge in [0.2, 0.25) is 12.2 Å². The highest BCUT2D eigenvalue weighted by molar-refractivity contribution is 7.89. The molecule has 0 heterocycles. The molecule has 0 aromatic heterocycles. The number of hydroxylamine groups is 1. The summed E-state index contributed by atoms with van der Waals surface area (Å²) in [5.41, 5.74) is 5.48. The van der Waals surface area contributed by atoms with Crippen LogP contribution in [0, 0.1) is 11.8 Å². The van der Waals surface area contributed by atoms with E-state index in [0.717, 1.165) is 32.0 Å². The molecule has 0 spiro atoms. The van der Waals surface area contributed by atoms with Crippen molar-refractivity contribution in [1.29, 1.82) is 0 Å². The molecule has 0 bridgehead atoms. The smallest absolute Gasteiger partial charge is 0.266 e. The van der Waals surface area contributed by atoms with Crippen molar-refractivity contribution in [2.24, 2.45) is 5.73 Å². The molecule has 0 unspecified atom stereocenters. The number of rotatable bonds is 9. The Morgan fingerprint density at radius 3 is 2.40 bits per heavy atom. The SMILES string of the molecule is CCCCCCC#Cc1ccc(S(=O)(=O)N(O)[C@@H]([C]=O)C(N)=O)cc1. The van der Waals surface area contributed by atoms with E-state index >= 15 is 0 Å². The van der Waals surface area contributed by atoms with Crippen LogP contribution in [0.2, 0.25) is 0 Å². The summed E-state index contributed by atoms with van der Waals surface area (Å²) in [4.78, 5) is 21.3.